The fraction of sp³-hybridized carbons (Fsp3) is 0.500. The van der Waals surface area contributed by atoms with Crippen LogP contribution in [0.4, 0.5) is 5.69 Å². The molecule has 38 heavy (non-hydrogen) atoms. The molecule has 4 atom stereocenters. The maximum atomic E-state index is 13.4. The molecule has 2 bridgehead atoms. The molecule has 2 fully saturated rings. The molecule has 4 aliphatic rings. The van der Waals surface area contributed by atoms with E-state index in [1.807, 2.05) is 26.0 Å². The Kier molecular flexibility index (Phi) is 5.70. The van der Waals surface area contributed by atoms with Gasteiger partial charge >= 0.3 is 0 Å². The molecule has 1 spiro atoms. The molecule has 0 aromatic heterocycles. The van der Waals surface area contributed by atoms with Gasteiger partial charge in [-0.15, -0.1) is 0 Å². The van der Waals surface area contributed by atoms with Gasteiger partial charge in [0.25, 0.3) is 5.91 Å². The van der Waals surface area contributed by atoms with Crippen LogP contribution in [0.15, 0.2) is 41.7 Å². The summed E-state index contributed by atoms with van der Waals surface area (Å²) in [4.78, 5) is 15.7. The van der Waals surface area contributed by atoms with Crippen molar-refractivity contribution in [3.05, 3.63) is 58.4 Å². The number of methoxy groups -OCH3 is 1. The number of rotatable bonds is 6. The SMILES string of the molecule is COc1ccc(C)cc1NC(=O)/C(C)=C(\O)[C@@H]1Oc2c(O)ccc3c2[C@@]12CCN(CC1CC1)[C@H](C3)[C@@]2(C)O. The van der Waals surface area contributed by atoms with Gasteiger partial charge in [0, 0.05) is 18.2 Å². The number of benzene rings is 2. The molecule has 6 rings (SSSR count). The van der Waals surface area contributed by atoms with Gasteiger partial charge in [-0.2, -0.15) is 0 Å². The van der Waals surface area contributed by atoms with E-state index >= 15 is 0 Å². The first-order chi connectivity index (χ1) is 18.1. The van der Waals surface area contributed by atoms with E-state index in [2.05, 4.69) is 10.2 Å². The molecule has 0 radical (unpaired) electrons. The lowest BCUT2D eigenvalue weighted by Gasteiger charge is -2.59. The number of hydrogen-bond acceptors (Lipinski definition) is 7. The normalized spacial score (nSPS) is 30.2. The molecule has 2 aromatic carbocycles. The first kappa shape index (κ1) is 25.1. The van der Waals surface area contributed by atoms with E-state index < -0.39 is 23.0 Å². The molecule has 4 N–H and O–H groups in total. The molecule has 0 unspecified atom stereocenters. The number of ether oxygens (including phenoxy) is 2. The number of fused-ring (bicyclic) bond motifs is 1. The van der Waals surface area contributed by atoms with Crippen LogP contribution in [0.2, 0.25) is 0 Å². The van der Waals surface area contributed by atoms with Crippen molar-refractivity contribution in [2.24, 2.45) is 5.92 Å². The first-order valence-corrected chi connectivity index (χ1v) is 13.4. The number of piperidine rings is 1. The number of phenolic OH excluding ortho intramolecular Hbond substituents is 1. The third-order valence-corrected chi connectivity index (χ3v) is 9.32. The number of amides is 1. The van der Waals surface area contributed by atoms with E-state index in [4.69, 9.17) is 9.47 Å². The number of phenols is 1. The quantitative estimate of drug-likeness (QED) is 0.337. The van der Waals surface area contributed by atoms with Crippen molar-refractivity contribution in [1.29, 1.82) is 0 Å². The van der Waals surface area contributed by atoms with Crippen LogP contribution in [-0.2, 0) is 16.6 Å². The van der Waals surface area contributed by atoms with Gasteiger partial charge in [-0.1, -0.05) is 12.1 Å². The van der Waals surface area contributed by atoms with Gasteiger partial charge in [-0.3, -0.25) is 9.69 Å². The highest BCUT2D eigenvalue weighted by molar-refractivity contribution is 6.04. The highest BCUT2D eigenvalue weighted by Gasteiger charge is 2.69. The van der Waals surface area contributed by atoms with Gasteiger partial charge in [-0.25, -0.2) is 0 Å². The van der Waals surface area contributed by atoms with Crippen molar-refractivity contribution in [3.8, 4) is 17.2 Å². The monoisotopic (exact) mass is 520 g/mol. The summed E-state index contributed by atoms with van der Waals surface area (Å²) in [6.07, 6.45) is 2.59. The molecule has 1 saturated heterocycles. The van der Waals surface area contributed by atoms with E-state index in [1.165, 1.54) is 20.0 Å². The Balaban J connectivity index is 1.41. The smallest absolute Gasteiger partial charge is 0.254 e. The average molecular weight is 521 g/mol. The molecule has 2 heterocycles. The molecule has 2 aliphatic heterocycles. The zero-order valence-corrected chi connectivity index (χ0v) is 22.4. The largest absolute Gasteiger partial charge is 0.508 e. The number of aliphatic hydroxyl groups excluding tert-OH is 1. The van der Waals surface area contributed by atoms with Crippen LogP contribution in [0.1, 0.15) is 49.8 Å². The lowest BCUT2D eigenvalue weighted by molar-refractivity contribution is -0.153. The summed E-state index contributed by atoms with van der Waals surface area (Å²) in [6.45, 7) is 6.98. The second-order valence-electron chi connectivity index (χ2n) is 11.6. The number of likely N-dealkylation sites (tertiary alicyclic amines) is 1. The third-order valence-electron chi connectivity index (χ3n) is 9.32. The molecular formula is C30H36N2O6. The number of anilines is 1. The Morgan fingerprint density at radius 2 is 2.03 bits per heavy atom. The van der Waals surface area contributed by atoms with Crippen molar-refractivity contribution < 1.29 is 29.6 Å². The molecule has 8 nitrogen and oxygen atoms in total. The second kappa shape index (κ2) is 8.64. The van der Waals surface area contributed by atoms with Crippen LogP contribution >= 0.6 is 0 Å². The number of nitrogens with one attached hydrogen (secondary N) is 1. The van der Waals surface area contributed by atoms with Crippen molar-refractivity contribution in [2.75, 3.05) is 25.5 Å². The van der Waals surface area contributed by atoms with E-state index in [0.717, 1.165) is 29.8 Å². The standard InChI is InChI=1S/C30H36N2O6/c1-16-5-10-22(37-4)20(13-16)31-28(35)17(2)25(34)27-30-11-12-32(15-18-6-7-18)23(29(30,3)36)14-19-8-9-21(33)26(38-27)24(19)30/h5,8-10,13,18,23,27,33-34,36H,6-7,11-12,14-15H2,1-4H3,(H,31,35)/b25-17-/t23-,27+,29-,30+/m1/s1. The minimum atomic E-state index is -1.26. The maximum absolute atomic E-state index is 13.4. The van der Waals surface area contributed by atoms with Gasteiger partial charge in [0.1, 0.15) is 11.5 Å². The molecule has 2 aromatic rings. The van der Waals surface area contributed by atoms with E-state index in [-0.39, 0.29) is 23.1 Å². The summed E-state index contributed by atoms with van der Waals surface area (Å²) in [6, 6.07) is 8.83. The second-order valence-corrected chi connectivity index (χ2v) is 11.6. The van der Waals surface area contributed by atoms with E-state index in [9.17, 15) is 20.1 Å². The average Bonchev–Trinajstić information content (AvgIpc) is 3.62. The van der Waals surface area contributed by atoms with Crippen LogP contribution in [0.5, 0.6) is 17.2 Å². The molecule has 2 aliphatic carbocycles. The minimum absolute atomic E-state index is 0.0281. The van der Waals surface area contributed by atoms with Gasteiger partial charge < -0.3 is 30.1 Å². The van der Waals surface area contributed by atoms with Gasteiger partial charge in [0.05, 0.1) is 29.4 Å². The van der Waals surface area contributed by atoms with Gasteiger partial charge in [-0.05, 0) is 88.2 Å². The van der Waals surface area contributed by atoms with Gasteiger partial charge in [0.15, 0.2) is 17.6 Å². The summed E-state index contributed by atoms with van der Waals surface area (Å²) in [5.41, 5.74) is 1.03. The van der Waals surface area contributed by atoms with Crippen molar-refractivity contribution >= 4 is 11.6 Å². The van der Waals surface area contributed by atoms with Crippen LogP contribution in [0, 0.1) is 12.8 Å². The summed E-state index contributed by atoms with van der Waals surface area (Å²) in [7, 11) is 1.53. The summed E-state index contributed by atoms with van der Waals surface area (Å²) < 4.78 is 11.7. The van der Waals surface area contributed by atoms with Crippen LogP contribution < -0.4 is 14.8 Å². The predicted octanol–water partition coefficient (Wildman–Crippen LogP) is 3.97. The number of nitrogens with zero attached hydrogens (tertiary/aromatic N) is 1. The lowest BCUT2D eigenvalue weighted by atomic mass is 9.53. The number of aryl methyl sites for hydroxylation is 1. The predicted molar refractivity (Wildman–Crippen MR) is 143 cm³/mol. The van der Waals surface area contributed by atoms with Crippen LogP contribution in [0.3, 0.4) is 0 Å². The Morgan fingerprint density at radius 3 is 2.74 bits per heavy atom. The lowest BCUT2D eigenvalue weighted by Crippen LogP contribution is -2.73. The van der Waals surface area contributed by atoms with E-state index in [1.54, 1.807) is 25.1 Å². The highest BCUT2D eigenvalue weighted by atomic mass is 16.5. The Labute approximate surface area is 222 Å². The Bertz CT molecular complexity index is 1350. The molecule has 8 heteroatoms. The molecular weight excluding hydrogens is 484 g/mol. The zero-order chi connectivity index (χ0) is 27.0. The molecule has 202 valence electrons. The fourth-order valence-corrected chi connectivity index (χ4v) is 7.02. The Hall–Kier alpha value is -3.23. The number of carbonyl (C=O) groups is 1. The zero-order valence-electron chi connectivity index (χ0n) is 22.4. The number of aliphatic hydroxyl groups is 2. The highest BCUT2D eigenvalue weighted by Crippen LogP contribution is 2.63. The fourth-order valence-electron chi connectivity index (χ4n) is 7.02. The molecule has 1 amide bonds. The first-order valence-electron chi connectivity index (χ1n) is 13.4. The summed E-state index contributed by atoms with van der Waals surface area (Å²) in [5.74, 6) is 0.707. The number of hydrogen-bond donors (Lipinski definition) is 4. The van der Waals surface area contributed by atoms with E-state index in [0.29, 0.717) is 35.9 Å². The Morgan fingerprint density at radius 1 is 1.26 bits per heavy atom. The minimum Gasteiger partial charge on any atom is -0.508 e. The third kappa shape index (κ3) is 3.53. The van der Waals surface area contributed by atoms with Gasteiger partial charge in [0.2, 0.25) is 0 Å². The van der Waals surface area contributed by atoms with Crippen LogP contribution in [0.25, 0.3) is 0 Å². The summed E-state index contributed by atoms with van der Waals surface area (Å²) in [5, 5.41) is 37.5. The molecule has 1 saturated carbocycles. The van der Waals surface area contributed by atoms with Crippen molar-refractivity contribution in [2.45, 2.75) is 69.6 Å². The topological polar surface area (TPSA) is 111 Å². The van der Waals surface area contributed by atoms with Crippen molar-refractivity contribution in [3.63, 3.8) is 0 Å². The number of aromatic hydroxyl groups is 1. The number of carbonyl (C=O) groups excluding carboxylic acids is 1. The van der Waals surface area contributed by atoms with Crippen molar-refractivity contribution in [1.82, 2.24) is 4.90 Å². The summed E-state index contributed by atoms with van der Waals surface area (Å²) >= 11 is 0. The van der Waals surface area contributed by atoms with Crippen LogP contribution in [-0.4, -0.2) is 64.1 Å². The maximum Gasteiger partial charge on any atom is 0.254 e.